The van der Waals surface area contributed by atoms with Crippen LogP contribution >= 0.6 is 23.1 Å². The van der Waals surface area contributed by atoms with Crippen molar-refractivity contribution >= 4 is 46.0 Å². The van der Waals surface area contributed by atoms with Crippen LogP contribution in [0.4, 0.5) is 5.13 Å². The van der Waals surface area contributed by atoms with E-state index in [4.69, 9.17) is 0 Å². The fourth-order valence-corrected chi connectivity index (χ4v) is 5.86. The van der Waals surface area contributed by atoms with Gasteiger partial charge in [-0.1, -0.05) is 35.6 Å². The first-order chi connectivity index (χ1) is 18.6. The van der Waals surface area contributed by atoms with Crippen LogP contribution in [0.25, 0.3) is 0 Å². The number of piperazine rings is 1. The summed E-state index contributed by atoms with van der Waals surface area (Å²) >= 11 is 3.04. The van der Waals surface area contributed by atoms with Crippen LogP contribution < -0.4 is 10.6 Å². The number of hydrogen-bond acceptors (Lipinski definition) is 7. The molecule has 0 atom stereocenters. The number of thiazole rings is 1. The molecule has 3 aromatic rings. The molecular weight excluding hydrogens is 530 g/mol. The Morgan fingerprint density at radius 1 is 0.949 bits per heavy atom. The number of thioether (sulfide) groups is 1. The Bertz CT molecular complexity index is 1310. The molecule has 2 N–H and O–H groups in total. The Morgan fingerprint density at radius 2 is 1.64 bits per heavy atom. The summed E-state index contributed by atoms with van der Waals surface area (Å²) in [6.07, 6.45) is 1.76. The van der Waals surface area contributed by atoms with Gasteiger partial charge in [-0.25, -0.2) is 4.98 Å². The highest BCUT2D eigenvalue weighted by atomic mass is 32.2. The van der Waals surface area contributed by atoms with Gasteiger partial charge in [0.1, 0.15) is 0 Å². The highest BCUT2D eigenvalue weighted by Crippen LogP contribution is 2.31. The standard InChI is InChI=1S/C29H35N5O3S2/c1-20(35)33-12-14-34(15-13-33)27(37)24-7-5-6-22(16-24)19-38-25-18-30-28(39-25)32-26(36)23-10-8-21(9-11-23)17-31-29(2,3)4/h5-11,16,18,31H,12-15,17,19H2,1-4H3,(H,30,32,36). The Balaban J connectivity index is 1.27. The molecule has 1 aliphatic rings. The minimum absolute atomic E-state index is 0.00802. The summed E-state index contributed by atoms with van der Waals surface area (Å²) in [6, 6.07) is 15.2. The monoisotopic (exact) mass is 565 g/mol. The average molecular weight is 566 g/mol. The summed E-state index contributed by atoms with van der Waals surface area (Å²) in [5.41, 5.74) is 3.43. The van der Waals surface area contributed by atoms with Crippen molar-refractivity contribution in [3.8, 4) is 0 Å². The van der Waals surface area contributed by atoms with Gasteiger partial charge in [0.2, 0.25) is 5.91 Å². The van der Waals surface area contributed by atoms with Gasteiger partial charge in [0.15, 0.2) is 5.13 Å². The molecular formula is C29H35N5O3S2. The topological polar surface area (TPSA) is 94.6 Å². The van der Waals surface area contributed by atoms with E-state index in [1.807, 2.05) is 48.5 Å². The summed E-state index contributed by atoms with van der Waals surface area (Å²) in [5, 5.41) is 6.88. The van der Waals surface area contributed by atoms with Crippen molar-refractivity contribution in [2.75, 3.05) is 31.5 Å². The predicted octanol–water partition coefficient (Wildman–Crippen LogP) is 4.88. The largest absolute Gasteiger partial charge is 0.339 e. The molecule has 2 aromatic carbocycles. The van der Waals surface area contributed by atoms with Crippen molar-refractivity contribution in [3.63, 3.8) is 0 Å². The first-order valence-corrected chi connectivity index (χ1v) is 14.8. The average Bonchev–Trinajstić information content (AvgIpc) is 3.37. The number of hydrogen-bond donors (Lipinski definition) is 2. The van der Waals surface area contributed by atoms with Gasteiger partial charge < -0.3 is 15.1 Å². The number of nitrogens with zero attached hydrogens (tertiary/aromatic N) is 3. The fraction of sp³-hybridized carbons (Fsp3) is 0.379. The molecule has 0 aliphatic carbocycles. The summed E-state index contributed by atoms with van der Waals surface area (Å²) in [4.78, 5) is 45.2. The Morgan fingerprint density at radius 3 is 2.31 bits per heavy atom. The molecule has 4 rings (SSSR count). The normalized spacial score (nSPS) is 13.8. The second-order valence-corrected chi connectivity index (χ2v) is 12.8. The zero-order chi connectivity index (χ0) is 28.0. The van der Waals surface area contributed by atoms with Crippen molar-refractivity contribution in [2.45, 2.75) is 49.7 Å². The minimum Gasteiger partial charge on any atom is -0.339 e. The molecule has 0 bridgehead atoms. The number of amides is 3. The number of aromatic nitrogens is 1. The lowest BCUT2D eigenvalue weighted by Crippen LogP contribution is -2.50. The first kappa shape index (κ1) is 28.8. The number of nitrogens with one attached hydrogen (secondary N) is 2. The maximum absolute atomic E-state index is 13.0. The molecule has 10 heteroatoms. The molecule has 0 spiro atoms. The number of anilines is 1. The van der Waals surface area contributed by atoms with Crippen LogP contribution in [-0.2, 0) is 17.1 Å². The quantitative estimate of drug-likeness (QED) is 0.378. The fourth-order valence-electron chi connectivity index (χ4n) is 4.05. The lowest BCUT2D eigenvalue weighted by molar-refractivity contribution is -0.130. The molecule has 2 heterocycles. The van der Waals surface area contributed by atoms with E-state index in [0.717, 1.165) is 21.9 Å². The first-order valence-electron chi connectivity index (χ1n) is 12.9. The Labute approximate surface area is 238 Å². The molecule has 3 amide bonds. The molecule has 1 saturated heterocycles. The highest BCUT2D eigenvalue weighted by molar-refractivity contribution is 8.00. The van der Waals surface area contributed by atoms with Crippen LogP contribution in [0, 0.1) is 0 Å². The van der Waals surface area contributed by atoms with Crippen molar-refractivity contribution in [1.82, 2.24) is 20.1 Å². The summed E-state index contributed by atoms with van der Waals surface area (Å²) < 4.78 is 0.978. The Kier molecular flexibility index (Phi) is 9.42. The third kappa shape index (κ3) is 8.39. The van der Waals surface area contributed by atoms with Crippen LogP contribution in [0.5, 0.6) is 0 Å². The van der Waals surface area contributed by atoms with Gasteiger partial charge >= 0.3 is 0 Å². The second kappa shape index (κ2) is 12.8. The lowest BCUT2D eigenvalue weighted by atomic mass is 10.1. The predicted molar refractivity (Wildman–Crippen MR) is 157 cm³/mol. The molecule has 1 fully saturated rings. The maximum atomic E-state index is 13.0. The minimum atomic E-state index is -0.188. The van der Waals surface area contributed by atoms with Crippen molar-refractivity contribution in [2.24, 2.45) is 0 Å². The maximum Gasteiger partial charge on any atom is 0.257 e. The third-order valence-electron chi connectivity index (χ3n) is 6.31. The van der Waals surface area contributed by atoms with Crippen molar-refractivity contribution < 1.29 is 14.4 Å². The van der Waals surface area contributed by atoms with Crippen LogP contribution in [0.3, 0.4) is 0 Å². The van der Waals surface area contributed by atoms with Gasteiger partial charge in [-0.2, -0.15) is 0 Å². The molecule has 0 radical (unpaired) electrons. The van der Waals surface area contributed by atoms with Crippen LogP contribution in [-0.4, -0.2) is 64.2 Å². The number of benzene rings is 2. The molecule has 0 saturated carbocycles. The number of carbonyl (C=O) groups is 3. The summed E-state index contributed by atoms with van der Waals surface area (Å²) in [7, 11) is 0. The van der Waals surface area contributed by atoms with E-state index in [-0.39, 0.29) is 23.3 Å². The molecule has 1 aliphatic heterocycles. The van der Waals surface area contributed by atoms with E-state index in [0.29, 0.717) is 48.2 Å². The van der Waals surface area contributed by atoms with Gasteiger partial charge in [0, 0.05) is 62.1 Å². The van der Waals surface area contributed by atoms with Gasteiger partial charge in [-0.3, -0.25) is 19.7 Å². The highest BCUT2D eigenvalue weighted by Gasteiger charge is 2.23. The molecule has 206 valence electrons. The van der Waals surface area contributed by atoms with E-state index in [9.17, 15) is 14.4 Å². The molecule has 0 unspecified atom stereocenters. The lowest BCUT2D eigenvalue weighted by Gasteiger charge is -2.34. The SMILES string of the molecule is CC(=O)N1CCN(C(=O)c2cccc(CSc3cnc(NC(=O)c4ccc(CNC(C)(C)C)cc4)s3)c2)CC1. The molecule has 8 nitrogen and oxygen atoms in total. The summed E-state index contributed by atoms with van der Waals surface area (Å²) in [5.74, 6) is 0.530. The smallest absolute Gasteiger partial charge is 0.257 e. The number of carbonyl (C=O) groups excluding carboxylic acids is 3. The Hall–Kier alpha value is -3.21. The summed E-state index contributed by atoms with van der Waals surface area (Å²) in [6.45, 7) is 10.9. The zero-order valence-corrected chi connectivity index (χ0v) is 24.5. The van der Waals surface area contributed by atoms with Crippen LogP contribution in [0.1, 0.15) is 59.5 Å². The third-order valence-corrected chi connectivity index (χ3v) is 8.49. The van der Waals surface area contributed by atoms with E-state index in [2.05, 4.69) is 36.4 Å². The van der Waals surface area contributed by atoms with Gasteiger partial charge in [0.05, 0.1) is 10.4 Å². The molecule has 39 heavy (non-hydrogen) atoms. The van der Waals surface area contributed by atoms with Gasteiger partial charge in [-0.15, -0.1) is 11.8 Å². The van der Waals surface area contributed by atoms with Crippen molar-refractivity contribution in [1.29, 1.82) is 0 Å². The van der Waals surface area contributed by atoms with Crippen molar-refractivity contribution in [3.05, 3.63) is 77.0 Å². The van der Waals surface area contributed by atoms with Crippen LogP contribution in [0.2, 0.25) is 0 Å². The van der Waals surface area contributed by atoms with E-state index < -0.39 is 0 Å². The van der Waals surface area contributed by atoms with Gasteiger partial charge in [0.25, 0.3) is 11.8 Å². The van der Waals surface area contributed by atoms with E-state index >= 15 is 0 Å². The second-order valence-electron chi connectivity index (χ2n) is 10.5. The van der Waals surface area contributed by atoms with Gasteiger partial charge in [-0.05, 0) is 56.2 Å². The van der Waals surface area contributed by atoms with E-state index in [1.165, 1.54) is 11.3 Å². The van der Waals surface area contributed by atoms with E-state index in [1.54, 1.807) is 34.7 Å². The molecule has 1 aromatic heterocycles. The zero-order valence-electron chi connectivity index (χ0n) is 22.8. The van der Waals surface area contributed by atoms with Crippen LogP contribution in [0.15, 0.2) is 58.9 Å². The number of rotatable bonds is 8.